The summed E-state index contributed by atoms with van der Waals surface area (Å²) >= 11 is 1.52. The molecule has 3 fully saturated rings. The summed E-state index contributed by atoms with van der Waals surface area (Å²) in [5.41, 5.74) is 0. The summed E-state index contributed by atoms with van der Waals surface area (Å²) in [6.07, 6.45) is 14.5. The molecule has 192 valence electrons. The van der Waals surface area contributed by atoms with Crippen molar-refractivity contribution >= 4 is 32.7 Å². The van der Waals surface area contributed by atoms with Crippen LogP contribution < -0.4 is 10.0 Å². The number of nitrogens with one attached hydrogen (secondary N) is 2. The van der Waals surface area contributed by atoms with E-state index in [2.05, 4.69) is 24.8 Å². The van der Waals surface area contributed by atoms with E-state index >= 15 is 0 Å². The molecule has 34 heavy (non-hydrogen) atoms. The first-order valence-electron chi connectivity index (χ1n) is 12.8. The van der Waals surface area contributed by atoms with Gasteiger partial charge in [-0.25, -0.2) is 9.78 Å². The van der Waals surface area contributed by atoms with Crippen molar-refractivity contribution < 1.29 is 13.2 Å². The maximum absolute atomic E-state index is 13.4. The molecule has 2 amide bonds. The first-order chi connectivity index (χ1) is 16.3. The highest BCUT2D eigenvalue weighted by molar-refractivity contribution is 7.87. The molecule has 1 aliphatic heterocycles. The lowest BCUT2D eigenvalue weighted by Crippen LogP contribution is -2.50. The Bertz CT molecular complexity index is 892. The van der Waals surface area contributed by atoms with Crippen LogP contribution in [0.15, 0.2) is 6.20 Å². The highest BCUT2D eigenvalue weighted by Gasteiger charge is 2.33. The number of thiazole rings is 1. The van der Waals surface area contributed by atoms with Crippen molar-refractivity contribution in [1.82, 2.24) is 23.8 Å². The molecule has 2 heterocycles. The number of likely N-dealkylation sites (tertiary alicyclic amines) is 1. The zero-order valence-electron chi connectivity index (χ0n) is 20.5. The maximum atomic E-state index is 13.4. The Morgan fingerprint density at radius 1 is 1.06 bits per heavy atom. The van der Waals surface area contributed by atoms with Gasteiger partial charge in [-0.05, 0) is 32.1 Å². The zero-order chi connectivity index (χ0) is 24.1. The smallest absolute Gasteiger partial charge is 0.319 e. The van der Waals surface area contributed by atoms with Gasteiger partial charge in [0.2, 0.25) is 0 Å². The van der Waals surface area contributed by atoms with Crippen LogP contribution in [-0.4, -0.2) is 78.8 Å². The van der Waals surface area contributed by atoms with Crippen molar-refractivity contribution in [2.24, 2.45) is 0 Å². The predicted octanol–water partition coefficient (Wildman–Crippen LogP) is 3.61. The monoisotopic (exact) mass is 512 g/mol. The van der Waals surface area contributed by atoms with Gasteiger partial charge in [0, 0.05) is 62.9 Å². The maximum Gasteiger partial charge on any atom is 0.324 e. The summed E-state index contributed by atoms with van der Waals surface area (Å²) in [7, 11) is -0.352. The molecule has 9 nitrogen and oxygen atoms in total. The van der Waals surface area contributed by atoms with Gasteiger partial charge in [-0.2, -0.15) is 17.4 Å². The number of anilines is 1. The van der Waals surface area contributed by atoms with E-state index in [1.54, 1.807) is 0 Å². The Balaban J connectivity index is 1.33. The minimum Gasteiger partial charge on any atom is -0.319 e. The average molecular weight is 513 g/mol. The highest BCUT2D eigenvalue weighted by Crippen LogP contribution is 2.31. The number of carbonyl (C=O) groups excluding carboxylic acids is 1. The van der Waals surface area contributed by atoms with Gasteiger partial charge in [-0.15, -0.1) is 11.3 Å². The van der Waals surface area contributed by atoms with E-state index in [0.29, 0.717) is 30.3 Å². The molecule has 0 radical (unpaired) electrons. The van der Waals surface area contributed by atoms with Crippen LogP contribution in [0.2, 0.25) is 0 Å². The SMILES string of the molecule is CN(C)S(=O)(=O)NC1CCN(Cc2cnc(NC(=O)N(C3CCCCC3)C3CCCCC3)s2)C1. The van der Waals surface area contributed by atoms with Crippen LogP contribution in [0.5, 0.6) is 0 Å². The fraction of sp³-hybridized carbons (Fsp3) is 0.826. The van der Waals surface area contributed by atoms with Crippen LogP contribution >= 0.6 is 11.3 Å². The second-order valence-corrected chi connectivity index (χ2v) is 13.2. The van der Waals surface area contributed by atoms with E-state index in [9.17, 15) is 13.2 Å². The van der Waals surface area contributed by atoms with Gasteiger partial charge in [0.05, 0.1) is 0 Å². The van der Waals surface area contributed by atoms with E-state index in [1.807, 2.05) is 6.20 Å². The first-order valence-corrected chi connectivity index (χ1v) is 15.0. The summed E-state index contributed by atoms with van der Waals surface area (Å²) in [5.74, 6) is 0. The average Bonchev–Trinajstić information content (AvgIpc) is 3.44. The normalized spacial score (nSPS) is 23.4. The fourth-order valence-corrected chi connectivity index (χ4v) is 7.22. The second kappa shape index (κ2) is 11.6. The van der Waals surface area contributed by atoms with Gasteiger partial charge in [0.15, 0.2) is 5.13 Å². The van der Waals surface area contributed by atoms with Crippen LogP contribution in [0.4, 0.5) is 9.93 Å². The lowest BCUT2D eigenvalue weighted by Gasteiger charge is -2.41. The van der Waals surface area contributed by atoms with Crippen LogP contribution in [0.25, 0.3) is 0 Å². The Morgan fingerprint density at radius 3 is 2.26 bits per heavy atom. The van der Waals surface area contributed by atoms with Crippen molar-refractivity contribution in [3.05, 3.63) is 11.1 Å². The summed E-state index contributed by atoms with van der Waals surface area (Å²) in [4.78, 5) is 23.4. The Labute approximate surface area is 208 Å². The van der Waals surface area contributed by atoms with Crippen molar-refractivity contribution in [1.29, 1.82) is 0 Å². The third-order valence-corrected chi connectivity index (χ3v) is 9.88. The minimum absolute atomic E-state index is 0.0130. The van der Waals surface area contributed by atoms with Crippen molar-refractivity contribution in [2.45, 2.75) is 95.3 Å². The van der Waals surface area contributed by atoms with Crippen molar-refractivity contribution in [3.63, 3.8) is 0 Å². The molecule has 2 aliphatic carbocycles. The van der Waals surface area contributed by atoms with Crippen LogP contribution in [-0.2, 0) is 16.8 Å². The number of carbonyl (C=O) groups is 1. The molecule has 11 heteroatoms. The third kappa shape index (κ3) is 6.69. The Kier molecular flexibility index (Phi) is 8.84. The molecule has 0 aromatic carbocycles. The van der Waals surface area contributed by atoms with Crippen LogP contribution in [0, 0.1) is 0 Å². The zero-order valence-corrected chi connectivity index (χ0v) is 22.2. The van der Waals surface area contributed by atoms with Crippen molar-refractivity contribution in [2.75, 3.05) is 32.5 Å². The van der Waals surface area contributed by atoms with E-state index in [4.69, 9.17) is 0 Å². The van der Waals surface area contributed by atoms with E-state index in [0.717, 1.165) is 43.5 Å². The van der Waals surface area contributed by atoms with Gasteiger partial charge < -0.3 is 4.90 Å². The topological polar surface area (TPSA) is 97.9 Å². The molecule has 1 atom stereocenters. The Morgan fingerprint density at radius 2 is 1.68 bits per heavy atom. The lowest BCUT2D eigenvalue weighted by molar-refractivity contribution is 0.114. The van der Waals surface area contributed by atoms with Gasteiger partial charge in [-0.1, -0.05) is 38.5 Å². The quantitative estimate of drug-likeness (QED) is 0.555. The number of urea groups is 1. The number of amides is 2. The molecule has 4 rings (SSSR count). The Hall–Kier alpha value is -1.27. The van der Waals surface area contributed by atoms with Gasteiger partial charge in [0.25, 0.3) is 10.2 Å². The number of hydrogen-bond acceptors (Lipinski definition) is 6. The molecule has 1 saturated heterocycles. The molecule has 3 aliphatic rings. The molecule has 0 bridgehead atoms. The van der Waals surface area contributed by atoms with Crippen LogP contribution in [0.1, 0.15) is 75.5 Å². The van der Waals surface area contributed by atoms with Crippen LogP contribution in [0.3, 0.4) is 0 Å². The minimum atomic E-state index is -3.42. The fourth-order valence-electron chi connectivity index (χ4n) is 5.55. The molecule has 0 spiro atoms. The summed E-state index contributed by atoms with van der Waals surface area (Å²) in [6.45, 7) is 2.21. The van der Waals surface area contributed by atoms with Crippen molar-refractivity contribution in [3.8, 4) is 0 Å². The molecular formula is C23H40N6O3S2. The van der Waals surface area contributed by atoms with Gasteiger partial charge >= 0.3 is 6.03 Å². The third-order valence-electron chi connectivity index (χ3n) is 7.39. The number of rotatable bonds is 8. The lowest BCUT2D eigenvalue weighted by atomic mass is 9.89. The van der Waals surface area contributed by atoms with E-state index in [1.165, 1.54) is 68.3 Å². The molecule has 1 aromatic heterocycles. The van der Waals surface area contributed by atoms with Gasteiger partial charge in [-0.3, -0.25) is 10.2 Å². The summed E-state index contributed by atoms with van der Waals surface area (Å²) in [6, 6.07) is 0.630. The highest BCUT2D eigenvalue weighted by atomic mass is 32.2. The van der Waals surface area contributed by atoms with E-state index in [-0.39, 0.29) is 12.1 Å². The molecule has 2 N–H and O–H groups in total. The summed E-state index contributed by atoms with van der Waals surface area (Å²) < 4.78 is 28.1. The number of aromatic nitrogens is 1. The summed E-state index contributed by atoms with van der Waals surface area (Å²) in [5, 5.41) is 3.77. The first kappa shape index (κ1) is 25.8. The molecular weight excluding hydrogens is 472 g/mol. The molecule has 1 aromatic rings. The largest absolute Gasteiger partial charge is 0.324 e. The number of nitrogens with zero attached hydrogens (tertiary/aromatic N) is 4. The predicted molar refractivity (Wildman–Crippen MR) is 136 cm³/mol. The standard InChI is InChI=1S/C23H40N6O3S2/c1-27(2)34(31,32)26-18-13-14-28(16-18)17-21-15-24-22(33-21)25-23(30)29(19-9-5-3-6-10-19)20-11-7-4-8-12-20/h15,18-20,26H,3-14,16-17H2,1-2H3,(H,24,25,30). The molecule has 1 unspecified atom stereocenters. The van der Waals surface area contributed by atoms with E-state index < -0.39 is 10.2 Å². The second-order valence-electron chi connectivity index (χ2n) is 10.2. The van der Waals surface area contributed by atoms with Gasteiger partial charge in [0.1, 0.15) is 0 Å². The molecule has 2 saturated carbocycles. The number of hydrogen-bond donors (Lipinski definition) is 2.